The molecule has 3 aromatic rings. The fraction of sp³-hybridized carbons (Fsp3) is 0.238. The Hall–Kier alpha value is -3.35. The summed E-state index contributed by atoms with van der Waals surface area (Å²) < 4.78 is 64.4. The Bertz CT molecular complexity index is 1410. The van der Waals surface area contributed by atoms with Crippen LogP contribution in [0.3, 0.4) is 0 Å². The second-order valence-electron chi connectivity index (χ2n) is 7.05. The molecule has 0 amide bonds. The van der Waals surface area contributed by atoms with Gasteiger partial charge in [-0.05, 0) is 67.1 Å². The molecule has 0 aliphatic carbocycles. The van der Waals surface area contributed by atoms with E-state index in [4.69, 9.17) is 23.1 Å². The van der Waals surface area contributed by atoms with E-state index in [1.54, 1.807) is 24.3 Å². The molecule has 176 valence electrons. The summed E-state index contributed by atoms with van der Waals surface area (Å²) in [5, 5.41) is 9.46. The molecule has 0 bridgehead atoms. The Morgan fingerprint density at radius 3 is 2.27 bits per heavy atom. The SMILES string of the molecule is CCCOc1cc(S(=O)(=O)O)c2cc(N=Nc3cc(C)c(N)cc3C)ccc2c1.O=S(=O)=O. The topological polar surface area (TPSA) is 166 Å². The number of hydrogen-bond acceptors (Lipinski definition) is 9. The van der Waals surface area contributed by atoms with E-state index in [-0.39, 0.29) is 4.90 Å². The quantitative estimate of drug-likeness (QED) is 0.288. The van der Waals surface area contributed by atoms with Crippen molar-refractivity contribution in [3.63, 3.8) is 0 Å². The Labute approximate surface area is 192 Å². The molecular formula is C21H23N3O7S2. The van der Waals surface area contributed by atoms with Gasteiger partial charge in [-0.15, -0.1) is 12.6 Å². The van der Waals surface area contributed by atoms with Crippen molar-refractivity contribution >= 4 is 48.6 Å². The zero-order valence-electron chi connectivity index (χ0n) is 18.1. The fourth-order valence-electron chi connectivity index (χ4n) is 2.91. The van der Waals surface area contributed by atoms with Gasteiger partial charge in [-0.3, -0.25) is 4.55 Å². The number of fused-ring (bicyclic) bond motifs is 1. The summed E-state index contributed by atoms with van der Waals surface area (Å²) in [5.41, 5.74) is 9.50. The second kappa shape index (κ2) is 11.0. The predicted octanol–water partition coefficient (Wildman–Crippen LogP) is 4.49. The first-order valence-corrected chi connectivity index (χ1v) is 12.1. The average Bonchev–Trinajstić information content (AvgIpc) is 2.72. The number of azo groups is 1. The van der Waals surface area contributed by atoms with E-state index < -0.39 is 20.7 Å². The van der Waals surface area contributed by atoms with Crippen molar-refractivity contribution in [2.75, 3.05) is 12.3 Å². The lowest BCUT2D eigenvalue weighted by Gasteiger charge is -2.10. The number of hydrogen-bond donors (Lipinski definition) is 2. The Morgan fingerprint density at radius 2 is 1.67 bits per heavy atom. The van der Waals surface area contributed by atoms with Gasteiger partial charge in [0.15, 0.2) is 0 Å². The van der Waals surface area contributed by atoms with E-state index >= 15 is 0 Å². The van der Waals surface area contributed by atoms with Gasteiger partial charge in [-0.1, -0.05) is 13.0 Å². The van der Waals surface area contributed by atoms with Crippen LogP contribution in [0.25, 0.3) is 10.8 Å². The van der Waals surface area contributed by atoms with Gasteiger partial charge in [-0.25, -0.2) is 0 Å². The Balaban J connectivity index is 0.000000890. The molecule has 12 heteroatoms. The third-order valence-corrected chi connectivity index (χ3v) is 5.38. The van der Waals surface area contributed by atoms with Crippen molar-refractivity contribution in [2.45, 2.75) is 32.1 Å². The predicted molar refractivity (Wildman–Crippen MR) is 124 cm³/mol. The number of nitrogens with two attached hydrogens (primary N) is 1. The molecule has 0 unspecified atom stereocenters. The third kappa shape index (κ3) is 7.34. The summed E-state index contributed by atoms with van der Waals surface area (Å²) in [6.07, 6.45) is 0.780. The minimum atomic E-state index is -4.44. The van der Waals surface area contributed by atoms with Gasteiger partial charge < -0.3 is 10.5 Å². The molecule has 0 spiro atoms. The van der Waals surface area contributed by atoms with E-state index in [0.29, 0.717) is 40.2 Å². The van der Waals surface area contributed by atoms with Gasteiger partial charge in [-0.2, -0.15) is 18.6 Å². The van der Waals surface area contributed by atoms with Crippen LogP contribution in [0.1, 0.15) is 24.5 Å². The van der Waals surface area contributed by atoms with E-state index in [1.807, 2.05) is 32.9 Å². The van der Waals surface area contributed by atoms with Crippen molar-refractivity contribution in [2.24, 2.45) is 10.2 Å². The Morgan fingerprint density at radius 1 is 1.00 bits per heavy atom. The van der Waals surface area contributed by atoms with Gasteiger partial charge in [0.05, 0.1) is 18.0 Å². The van der Waals surface area contributed by atoms with Crippen LogP contribution in [0.5, 0.6) is 5.75 Å². The lowest BCUT2D eigenvalue weighted by atomic mass is 10.1. The number of nitrogen functional groups attached to an aromatic ring is 1. The zero-order valence-corrected chi connectivity index (χ0v) is 19.8. The summed E-state index contributed by atoms with van der Waals surface area (Å²) in [6, 6.07) is 11.7. The average molecular weight is 494 g/mol. The molecule has 0 aliphatic heterocycles. The van der Waals surface area contributed by atoms with Crippen molar-refractivity contribution in [3.8, 4) is 5.75 Å². The molecular weight excluding hydrogens is 470 g/mol. The molecule has 10 nitrogen and oxygen atoms in total. The molecule has 0 aromatic heterocycles. The summed E-state index contributed by atoms with van der Waals surface area (Å²) in [6.45, 7) is 6.18. The van der Waals surface area contributed by atoms with Gasteiger partial charge >= 0.3 is 10.6 Å². The number of benzene rings is 3. The standard InChI is InChI=1S/C21H23N3O4S.O3S/c1-4-7-28-17-10-15-5-6-16(11-18(15)21(12-17)29(25,26)27)23-24-20-9-13(2)19(22)8-14(20)3;1-4(2)3/h5-6,8-12H,4,7,22H2,1-3H3,(H,25,26,27);. The molecule has 0 fully saturated rings. The summed E-state index contributed by atoms with van der Waals surface area (Å²) >= 11 is 0. The number of anilines is 1. The van der Waals surface area contributed by atoms with Gasteiger partial charge in [0.1, 0.15) is 10.6 Å². The van der Waals surface area contributed by atoms with E-state index in [9.17, 15) is 13.0 Å². The molecule has 0 heterocycles. The molecule has 3 rings (SSSR count). The molecule has 0 saturated carbocycles. The monoisotopic (exact) mass is 493 g/mol. The smallest absolute Gasteiger partial charge is 0.425 e. The Kier molecular flexibility index (Phi) is 8.63. The van der Waals surface area contributed by atoms with Crippen LogP contribution >= 0.6 is 0 Å². The molecule has 0 aliphatic rings. The first kappa shape index (κ1) is 25.9. The highest BCUT2D eigenvalue weighted by Gasteiger charge is 2.17. The largest absolute Gasteiger partial charge is 0.494 e. The summed E-state index contributed by atoms with van der Waals surface area (Å²) in [5.74, 6) is 0.384. The van der Waals surface area contributed by atoms with Crippen LogP contribution in [0.2, 0.25) is 0 Å². The van der Waals surface area contributed by atoms with Gasteiger partial charge in [0, 0.05) is 17.1 Å². The highest BCUT2D eigenvalue weighted by atomic mass is 32.2. The molecule has 3 N–H and O–H groups in total. The lowest BCUT2D eigenvalue weighted by Crippen LogP contribution is -2.02. The number of rotatable bonds is 6. The molecule has 3 aromatic carbocycles. The minimum absolute atomic E-state index is 0.224. The number of aryl methyl sites for hydroxylation is 2. The normalized spacial score (nSPS) is 11.3. The lowest BCUT2D eigenvalue weighted by molar-refractivity contribution is 0.317. The zero-order chi connectivity index (χ0) is 24.8. The number of ether oxygens (including phenoxy) is 1. The van der Waals surface area contributed by atoms with Crippen LogP contribution < -0.4 is 10.5 Å². The van der Waals surface area contributed by atoms with Crippen LogP contribution in [0, 0.1) is 13.8 Å². The third-order valence-electron chi connectivity index (χ3n) is 4.48. The van der Waals surface area contributed by atoms with Crippen LogP contribution in [0.15, 0.2) is 57.6 Å². The maximum Gasteiger partial charge on any atom is 0.425 e. The molecule has 33 heavy (non-hydrogen) atoms. The van der Waals surface area contributed by atoms with Crippen LogP contribution in [0.4, 0.5) is 17.1 Å². The van der Waals surface area contributed by atoms with Crippen LogP contribution in [-0.4, -0.2) is 32.2 Å². The maximum absolute atomic E-state index is 11.9. The summed E-state index contributed by atoms with van der Waals surface area (Å²) in [7, 11) is -7.56. The van der Waals surface area contributed by atoms with Gasteiger partial charge in [0.2, 0.25) is 0 Å². The van der Waals surface area contributed by atoms with Crippen molar-refractivity contribution in [3.05, 3.63) is 53.6 Å². The van der Waals surface area contributed by atoms with E-state index in [0.717, 1.165) is 17.5 Å². The fourth-order valence-corrected chi connectivity index (χ4v) is 3.63. The highest BCUT2D eigenvalue weighted by Crippen LogP contribution is 2.33. The van der Waals surface area contributed by atoms with Crippen molar-refractivity contribution in [1.29, 1.82) is 0 Å². The van der Waals surface area contributed by atoms with E-state index in [2.05, 4.69) is 10.2 Å². The number of nitrogens with zero attached hydrogens (tertiary/aromatic N) is 2. The first-order chi connectivity index (χ1) is 15.4. The van der Waals surface area contributed by atoms with Gasteiger partial charge in [0.25, 0.3) is 10.1 Å². The first-order valence-electron chi connectivity index (χ1n) is 9.65. The van der Waals surface area contributed by atoms with Crippen molar-refractivity contribution < 1.29 is 30.3 Å². The summed E-state index contributed by atoms with van der Waals surface area (Å²) in [4.78, 5) is -0.224. The molecule has 0 radical (unpaired) electrons. The highest BCUT2D eigenvalue weighted by molar-refractivity contribution is 7.86. The molecule has 0 saturated heterocycles. The van der Waals surface area contributed by atoms with E-state index in [1.165, 1.54) is 6.07 Å². The molecule has 0 atom stereocenters. The maximum atomic E-state index is 11.9. The van der Waals surface area contributed by atoms with Crippen LogP contribution in [-0.2, 0) is 20.7 Å². The van der Waals surface area contributed by atoms with Crippen molar-refractivity contribution in [1.82, 2.24) is 0 Å². The second-order valence-corrected chi connectivity index (χ2v) is 8.85. The minimum Gasteiger partial charge on any atom is -0.494 e.